The monoisotopic (exact) mass is 249 g/mol. The highest BCUT2D eigenvalue weighted by Gasteiger charge is 2.19. The van der Waals surface area contributed by atoms with E-state index in [4.69, 9.17) is 4.74 Å². The van der Waals surface area contributed by atoms with Gasteiger partial charge in [-0.2, -0.15) is 0 Å². The van der Waals surface area contributed by atoms with Crippen molar-refractivity contribution in [2.24, 2.45) is 5.92 Å². The molecule has 2 fully saturated rings. The molecule has 3 rings (SSSR count). The van der Waals surface area contributed by atoms with Crippen molar-refractivity contribution in [3.63, 3.8) is 0 Å². The molecule has 2 heterocycles. The maximum absolute atomic E-state index is 5.42. The number of hydrogen-bond acceptors (Lipinski definition) is 3. The number of nitrogens with one attached hydrogen (secondary N) is 1. The van der Waals surface area contributed by atoms with Crippen molar-refractivity contribution >= 4 is 5.95 Å². The van der Waals surface area contributed by atoms with Gasteiger partial charge < -0.3 is 14.6 Å². The normalized spacial score (nSPS) is 22.4. The van der Waals surface area contributed by atoms with Crippen LogP contribution in [0.1, 0.15) is 38.5 Å². The number of imidazole rings is 1. The molecular formula is C14H23N3O. The number of anilines is 1. The lowest BCUT2D eigenvalue weighted by atomic mass is 10.0. The second-order valence-electron chi connectivity index (χ2n) is 5.58. The molecule has 0 spiro atoms. The third-order valence-electron chi connectivity index (χ3n) is 4.20. The van der Waals surface area contributed by atoms with Crippen LogP contribution < -0.4 is 5.32 Å². The Morgan fingerprint density at radius 2 is 2.00 bits per heavy atom. The van der Waals surface area contributed by atoms with Crippen molar-refractivity contribution in [2.75, 3.05) is 18.5 Å². The molecule has 0 amide bonds. The molecule has 0 radical (unpaired) electrons. The summed E-state index contributed by atoms with van der Waals surface area (Å²) in [5.74, 6) is 1.81. The summed E-state index contributed by atoms with van der Waals surface area (Å²) in [4.78, 5) is 4.47. The quantitative estimate of drug-likeness (QED) is 0.891. The van der Waals surface area contributed by atoms with Crippen LogP contribution in [0.5, 0.6) is 0 Å². The van der Waals surface area contributed by atoms with Gasteiger partial charge in [0, 0.05) is 38.2 Å². The van der Waals surface area contributed by atoms with Crippen LogP contribution in [0.4, 0.5) is 5.95 Å². The largest absolute Gasteiger partial charge is 0.381 e. The van der Waals surface area contributed by atoms with E-state index in [-0.39, 0.29) is 0 Å². The number of hydrogen-bond donors (Lipinski definition) is 1. The molecule has 1 saturated heterocycles. The van der Waals surface area contributed by atoms with Gasteiger partial charge in [-0.25, -0.2) is 4.98 Å². The Morgan fingerprint density at radius 3 is 2.78 bits per heavy atom. The summed E-state index contributed by atoms with van der Waals surface area (Å²) in [6, 6.07) is 0.640. The van der Waals surface area contributed by atoms with E-state index in [2.05, 4.69) is 21.1 Å². The van der Waals surface area contributed by atoms with E-state index in [9.17, 15) is 0 Å². The standard InChI is InChI=1S/C14H23N3O/c1-2-4-13(3-1)16-14-15-7-8-17(14)11-12-5-9-18-10-6-12/h7-8,12-13H,1-6,9-11H2,(H,15,16). The molecule has 1 aromatic heterocycles. The van der Waals surface area contributed by atoms with Gasteiger partial charge in [0.1, 0.15) is 0 Å². The average Bonchev–Trinajstić information content (AvgIpc) is 3.04. The highest BCUT2D eigenvalue weighted by Crippen LogP contribution is 2.23. The number of aromatic nitrogens is 2. The number of nitrogens with zero attached hydrogens (tertiary/aromatic N) is 2. The van der Waals surface area contributed by atoms with E-state index >= 15 is 0 Å². The SMILES string of the molecule is c1cn(CC2CCOCC2)c(NC2CCCC2)n1. The van der Waals surface area contributed by atoms with Crippen molar-refractivity contribution < 1.29 is 4.74 Å². The Labute approximate surface area is 109 Å². The second-order valence-corrected chi connectivity index (χ2v) is 5.58. The van der Waals surface area contributed by atoms with E-state index in [1.165, 1.54) is 38.5 Å². The Balaban J connectivity index is 1.59. The summed E-state index contributed by atoms with van der Waals surface area (Å²) in [6.07, 6.45) is 11.7. The zero-order valence-corrected chi connectivity index (χ0v) is 11.0. The molecule has 1 aliphatic carbocycles. The molecule has 1 aromatic rings. The van der Waals surface area contributed by atoms with E-state index in [0.29, 0.717) is 6.04 Å². The van der Waals surface area contributed by atoms with Gasteiger partial charge in [-0.1, -0.05) is 12.8 Å². The molecule has 4 heteroatoms. The highest BCUT2D eigenvalue weighted by molar-refractivity contribution is 5.28. The van der Waals surface area contributed by atoms with Crippen molar-refractivity contribution in [1.82, 2.24) is 9.55 Å². The van der Waals surface area contributed by atoms with E-state index in [0.717, 1.165) is 31.6 Å². The Morgan fingerprint density at radius 1 is 1.22 bits per heavy atom. The minimum atomic E-state index is 0.640. The summed E-state index contributed by atoms with van der Waals surface area (Å²) >= 11 is 0. The van der Waals surface area contributed by atoms with Crippen LogP contribution in [-0.2, 0) is 11.3 Å². The molecule has 1 saturated carbocycles. The second kappa shape index (κ2) is 5.74. The van der Waals surface area contributed by atoms with Crippen LogP contribution >= 0.6 is 0 Å². The summed E-state index contributed by atoms with van der Waals surface area (Å²) in [5.41, 5.74) is 0. The van der Waals surface area contributed by atoms with Gasteiger partial charge in [0.15, 0.2) is 0 Å². The molecule has 1 aliphatic heterocycles. The molecule has 0 bridgehead atoms. The fourth-order valence-electron chi connectivity index (χ4n) is 3.06. The third kappa shape index (κ3) is 2.86. The van der Waals surface area contributed by atoms with Crippen molar-refractivity contribution in [3.8, 4) is 0 Å². The maximum atomic E-state index is 5.42. The van der Waals surface area contributed by atoms with Gasteiger partial charge in [0.2, 0.25) is 5.95 Å². The molecule has 0 atom stereocenters. The zero-order chi connectivity index (χ0) is 12.2. The predicted molar refractivity (Wildman–Crippen MR) is 71.6 cm³/mol. The molecule has 0 aromatic carbocycles. The molecular weight excluding hydrogens is 226 g/mol. The van der Waals surface area contributed by atoms with E-state index < -0.39 is 0 Å². The summed E-state index contributed by atoms with van der Waals surface area (Å²) < 4.78 is 7.70. The average molecular weight is 249 g/mol. The van der Waals surface area contributed by atoms with Crippen molar-refractivity contribution in [2.45, 2.75) is 51.1 Å². The number of rotatable bonds is 4. The molecule has 0 unspecified atom stereocenters. The van der Waals surface area contributed by atoms with Gasteiger partial charge in [-0.05, 0) is 31.6 Å². The molecule has 18 heavy (non-hydrogen) atoms. The van der Waals surface area contributed by atoms with Crippen LogP contribution in [0.2, 0.25) is 0 Å². The molecule has 2 aliphatic rings. The molecule has 4 nitrogen and oxygen atoms in total. The first-order chi connectivity index (χ1) is 8.92. The molecule has 1 N–H and O–H groups in total. The Hall–Kier alpha value is -1.03. The highest BCUT2D eigenvalue weighted by atomic mass is 16.5. The minimum absolute atomic E-state index is 0.640. The fourth-order valence-corrected chi connectivity index (χ4v) is 3.06. The number of ether oxygens (including phenoxy) is 1. The fraction of sp³-hybridized carbons (Fsp3) is 0.786. The lowest BCUT2D eigenvalue weighted by molar-refractivity contribution is 0.0614. The van der Waals surface area contributed by atoms with Crippen LogP contribution in [0.25, 0.3) is 0 Å². The predicted octanol–water partition coefficient (Wildman–Crippen LogP) is 2.66. The first kappa shape index (κ1) is 12.0. The summed E-state index contributed by atoms with van der Waals surface area (Å²) in [5, 5.41) is 3.60. The first-order valence-corrected chi connectivity index (χ1v) is 7.27. The Kier molecular flexibility index (Phi) is 3.84. The minimum Gasteiger partial charge on any atom is -0.381 e. The smallest absolute Gasteiger partial charge is 0.202 e. The topological polar surface area (TPSA) is 39.1 Å². The van der Waals surface area contributed by atoms with E-state index in [1.807, 2.05) is 6.20 Å². The van der Waals surface area contributed by atoms with Crippen molar-refractivity contribution in [1.29, 1.82) is 0 Å². The van der Waals surface area contributed by atoms with Crippen molar-refractivity contribution in [3.05, 3.63) is 12.4 Å². The third-order valence-corrected chi connectivity index (χ3v) is 4.20. The summed E-state index contributed by atoms with van der Waals surface area (Å²) in [7, 11) is 0. The lowest BCUT2D eigenvalue weighted by Gasteiger charge is -2.23. The Bertz CT molecular complexity index is 365. The van der Waals surface area contributed by atoms with Crippen LogP contribution in [-0.4, -0.2) is 28.8 Å². The van der Waals surface area contributed by atoms with Gasteiger partial charge in [0.25, 0.3) is 0 Å². The first-order valence-electron chi connectivity index (χ1n) is 7.27. The van der Waals surface area contributed by atoms with E-state index in [1.54, 1.807) is 0 Å². The molecule has 100 valence electrons. The zero-order valence-electron chi connectivity index (χ0n) is 11.0. The lowest BCUT2D eigenvalue weighted by Crippen LogP contribution is -2.23. The maximum Gasteiger partial charge on any atom is 0.202 e. The summed E-state index contributed by atoms with van der Waals surface area (Å²) in [6.45, 7) is 2.92. The van der Waals surface area contributed by atoms with Crippen LogP contribution in [0.15, 0.2) is 12.4 Å². The van der Waals surface area contributed by atoms with Gasteiger partial charge >= 0.3 is 0 Å². The van der Waals surface area contributed by atoms with Gasteiger partial charge in [-0.3, -0.25) is 0 Å². The van der Waals surface area contributed by atoms with Gasteiger partial charge in [-0.15, -0.1) is 0 Å². The van der Waals surface area contributed by atoms with Crippen LogP contribution in [0, 0.1) is 5.92 Å². The van der Waals surface area contributed by atoms with Gasteiger partial charge in [0.05, 0.1) is 0 Å². The van der Waals surface area contributed by atoms with Crippen LogP contribution in [0.3, 0.4) is 0 Å².